The van der Waals surface area contributed by atoms with Crippen molar-refractivity contribution in [3.8, 4) is 5.75 Å². The van der Waals surface area contributed by atoms with Crippen LogP contribution in [-0.2, 0) is 16.1 Å². The first-order valence-corrected chi connectivity index (χ1v) is 11.9. The molecule has 0 aliphatic heterocycles. The van der Waals surface area contributed by atoms with Crippen molar-refractivity contribution in [2.45, 2.75) is 57.7 Å². The fourth-order valence-electron chi connectivity index (χ4n) is 3.91. The molecule has 32 heavy (non-hydrogen) atoms. The number of benzene rings is 2. The van der Waals surface area contributed by atoms with E-state index in [4.69, 9.17) is 39.5 Å². The molecule has 0 spiro atoms. The Bertz CT molecular complexity index is 948. The SMILES string of the molecule is CCC(C(=O)NC1CCCC1)N(Cc1ccc(Cl)c(Cl)c1)C(=O)COc1cccc(Cl)c1. The summed E-state index contributed by atoms with van der Waals surface area (Å²) in [5.41, 5.74) is 0.780. The second-order valence-electron chi connectivity index (χ2n) is 7.93. The van der Waals surface area contributed by atoms with Crippen LogP contribution in [0.15, 0.2) is 42.5 Å². The highest BCUT2D eigenvalue weighted by atomic mass is 35.5. The lowest BCUT2D eigenvalue weighted by Gasteiger charge is -2.31. The third kappa shape index (κ3) is 6.77. The van der Waals surface area contributed by atoms with E-state index in [1.54, 1.807) is 47.4 Å². The molecule has 1 saturated carbocycles. The second kappa shape index (κ2) is 11.8. The maximum atomic E-state index is 13.2. The van der Waals surface area contributed by atoms with Crippen molar-refractivity contribution in [2.24, 2.45) is 0 Å². The number of hydrogen-bond donors (Lipinski definition) is 1. The highest BCUT2D eigenvalue weighted by Crippen LogP contribution is 2.25. The van der Waals surface area contributed by atoms with Gasteiger partial charge in [-0.1, -0.05) is 66.7 Å². The summed E-state index contributed by atoms with van der Waals surface area (Å²) in [6, 6.07) is 11.6. The number of rotatable bonds is 9. The summed E-state index contributed by atoms with van der Waals surface area (Å²) in [5, 5.41) is 4.47. The average Bonchev–Trinajstić information content (AvgIpc) is 3.27. The third-order valence-corrected chi connectivity index (χ3v) is 6.56. The van der Waals surface area contributed by atoms with Gasteiger partial charge in [0, 0.05) is 17.6 Å². The van der Waals surface area contributed by atoms with Gasteiger partial charge in [0.1, 0.15) is 11.8 Å². The zero-order valence-corrected chi connectivity index (χ0v) is 20.2. The van der Waals surface area contributed by atoms with Crippen LogP contribution < -0.4 is 10.1 Å². The molecule has 2 aromatic carbocycles. The van der Waals surface area contributed by atoms with Crippen LogP contribution in [0.25, 0.3) is 0 Å². The van der Waals surface area contributed by atoms with Crippen molar-refractivity contribution in [3.05, 3.63) is 63.1 Å². The fraction of sp³-hybridized carbons (Fsp3) is 0.417. The molecule has 3 rings (SSSR count). The van der Waals surface area contributed by atoms with Gasteiger partial charge in [0.05, 0.1) is 10.0 Å². The first kappa shape index (κ1) is 24.7. The largest absolute Gasteiger partial charge is 0.484 e. The van der Waals surface area contributed by atoms with Crippen LogP contribution in [-0.4, -0.2) is 35.4 Å². The van der Waals surface area contributed by atoms with Gasteiger partial charge in [-0.05, 0) is 55.2 Å². The Morgan fingerprint density at radius 3 is 2.50 bits per heavy atom. The first-order chi connectivity index (χ1) is 15.4. The summed E-state index contributed by atoms with van der Waals surface area (Å²) in [4.78, 5) is 27.9. The molecule has 0 saturated heterocycles. The maximum Gasteiger partial charge on any atom is 0.261 e. The third-order valence-electron chi connectivity index (χ3n) is 5.58. The standard InChI is InChI=1S/C24H27Cl3N2O3/c1-2-22(24(31)28-18-7-3-4-8-18)29(14-16-10-11-20(26)21(27)12-16)23(30)15-32-19-9-5-6-17(25)13-19/h5-6,9-13,18,22H,2-4,7-8,14-15H2,1H3,(H,28,31). The number of ether oxygens (including phenoxy) is 1. The molecule has 0 bridgehead atoms. The number of carbonyl (C=O) groups excluding carboxylic acids is 2. The minimum absolute atomic E-state index is 0.143. The highest BCUT2D eigenvalue weighted by Gasteiger charge is 2.31. The topological polar surface area (TPSA) is 58.6 Å². The molecule has 2 aromatic rings. The quantitative estimate of drug-likeness (QED) is 0.470. The first-order valence-electron chi connectivity index (χ1n) is 10.8. The molecular weight excluding hydrogens is 471 g/mol. The van der Waals surface area contributed by atoms with E-state index in [0.29, 0.717) is 27.2 Å². The molecule has 1 N–H and O–H groups in total. The van der Waals surface area contributed by atoms with E-state index in [1.165, 1.54) is 0 Å². The molecule has 1 atom stereocenters. The van der Waals surface area contributed by atoms with Crippen LogP contribution in [0.2, 0.25) is 15.1 Å². The predicted molar refractivity (Wildman–Crippen MR) is 128 cm³/mol. The van der Waals surface area contributed by atoms with Gasteiger partial charge in [0.15, 0.2) is 6.61 Å². The van der Waals surface area contributed by atoms with E-state index >= 15 is 0 Å². The molecule has 0 heterocycles. The van der Waals surface area contributed by atoms with Gasteiger partial charge in [-0.3, -0.25) is 9.59 Å². The van der Waals surface area contributed by atoms with Gasteiger partial charge in [-0.15, -0.1) is 0 Å². The van der Waals surface area contributed by atoms with E-state index in [0.717, 1.165) is 31.2 Å². The fourth-order valence-corrected chi connectivity index (χ4v) is 4.41. The van der Waals surface area contributed by atoms with Crippen LogP contribution in [0.1, 0.15) is 44.6 Å². The predicted octanol–water partition coefficient (Wildman–Crippen LogP) is 5.89. The Morgan fingerprint density at radius 2 is 1.84 bits per heavy atom. The van der Waals surface area contributed by atoms with E-state index in [1.807, 2.05) is 6.92 Å². The number of nitrogens with one attached hydrogen (secondary N) is 1. The molecule has 172 valence electrons. The lowest BCUT2D eigenvalue weighted by molar-refractivity contribution is -0.143. The van der Waals surface area contributed by atoms with E-state index in [-0.39, 0.29) is 31.0 Å². The Labute approximate surface area is 204 Å². The number of amides is 2. The molecule has 1 aliphatic carbocycles. The Morgan fingerprint density at radius 1 is 1.09 bits per heavy atom. The van der Waals surface area contributed by atoms with Gasteiger partial charge >= 0.3 is 0 Å². The summed E-state index contributed by atoms with van der Waals surface area (Å²) >= 11 is 18.2. The Hall–Kier alpha value is -1.95. The number of carbonyl (C=O) groups is 2. The maximum absolute atomic E-state index is 13.2. The van der Waals surface area contributed by atoms with Crippen molar-refractivity contribution in [1.82, 2.24) is 10.2 Å². The van der Waals surface area contributed by atoms with E-state index in [2.05, 4.69) is 5.32 Å². The lowest BCUT2D eigenvalue weighted by atomic mass is 10.1. The lowest BCUT2D eigenvalue weighted by Crippen LogP contribution is -2.52. The average molecular weight is 498 g/mol. The monoisotopic (exact) mass is 496 g/mol. The summed E-state index contributed by atoms with van der Waals surface area (Å²) in [6.07, 6.45) is 4.65. The van der Waals surface area contributed by atoms with Crippen molar-refractivity contribution < 1.29 is 14.3 Å². The number of hydrogen-bond acceptors (Lipinski definition) is 3. The van der Waals surface area contributed by atoms with Crippen molar-refractivity contribution in [3.63, 3.8) is 0 Å². The zero-order chi connectivity index (χ0) is 23.1. The Kier molecular flexibility index (Phi) is 9.09. The summed E-state index contributed by atoms with van der Waals surface area (Å²) < 4.78 is 5.66. The molecule has 1 fully saturated rings. The summed E-state index contributed by atoms with van der Waals surface area (Å²) in [7, 11) is 0. The van der Waals surface area contributed by atoms with Gasteiger partial charge in [0.2, 0.25) is 5.91 Å². The van der Waals surface area contributed by atoms with Crippen LogP contribution in [0.5, 0.6) is 5.75 Å². The van der Waals surface area contributed by atoms with E-state index < -0.39 is 6.04 Å². The molecular formula is C24H27Cl3N2O3. The van der Waals surface area contributed by atoms with Crippen molar-refractivity contribution in [1.29, 1.82) is 0 Å². The van der Waals surface area contributed by atoms with Gasteiger partial charge in [0.25, 0.3) is 5.91 Å². The van der Waals surface area contributed by atoms with Crippen LogP contribution >= 0.6 is 34.8 Å². The van der Waals surface area contributed by atoms with Crippen LogP contribution in [0.3, 0.4) is 0 Å². The molecule has 8 heteroatoms. The number of nitrogens with zero attached hydrogens (tertiary/aromatic N) is 1. The van der Waals surface area contributed by atoms with Crippen molar-refractivity contribution in [2.75, 3.05) is 6.61 Å². The molecule has 1 unspecified atom stereocenters. The minimum atomic E-state index is -0.625. The summed E-state index contributed by atoms with van der Waals surface area (Å²) in [5.74, 6) is 0.0452. The molecule has 0 aromatic heterocycles. The van der Waals surface area contributed by atoms with Crippen LogP contribution in [0.4, 0.5) is 0 Å². The van der Waals surface area contributed by atoms with Gasteiger partial charge < -0.3 is 15.0 Å². The van der Waals surface area contributed by atoms with Gasteiger partial charge in [-0.2, -0.15) is 0 Å². The molecule has 5 nitrogen and oxygen atoms in total. The Balaban J connectivity index is 1.78. The normalized spacial score (nSPS) is 14.8. The minimum Gasteiger partial charge on any atom is -0.484 e. The second-order valence-corrected chi connectivity index (χ2v) is 9.18. The summed E-state index contributed by atoms with van der Waals surface area (Å²) in [6.45, 7) is 1.89. The number of halogens is 3. The molecule has 0 radical (unpaired) electrons. The molecule has 2 amide bonds. The van der Waals surface area contributed by atoms with E-state index in [9.17, 15) is 9.59 Å². The van der Waals surface area contributed by atoms with Gasteiger partial charge in [-0.25, -0.2) is 0 Å². The van der Waals surface area contributed by atoms with Crippen LogP contribution in [0, 0.1) is 0 Å². The smallest absolute Gasteiger partial charge is 0.261 e. The van der Waals surface area contributed by atoms with Crippen molar-refractivity contribution >= 4 is 46.6 Å². The highest BCUT2D eigenvalue weighted by molar-refractivity contribution is 6.42. The molecule has 1 aliphatic rings. The zero-order valence-electron chi connectivity index (χ0n) is 18.0.